The first-order valence-corrected chi connectivity index (χ1v) is 6.87. The van der Waals surface area contributed by atoms with Crippen LogP contribution in [-0.4, -0.2) is 24.5 Å². The van der Waals surface area contributed by atoms with Gasteiger partial charge in [-0.2, -0.15) is 0 Å². The lowest BCUT2D eigenvalue weighted by molar-refractivity contribution is -0.123. The average molecular weight is 261 g/mol. The van der Waals surface area contributed by atoms with Gasteiger partial charge in [0.25, 0.3) is 0 Å². The molecule has 0 bridgehead atoms. The average Bonchev–Trinajstić information content (AvgIpc) is 3.21. The highest BCUT2D eigenvalue weighted by Gasteiger charge is 2.47. The topological polar surface area (TPSA) is 72.3 Å². The van der Waals surface area contributed by atoms with Gasteiger partial charge in [0.15, 0.2) is 0 Å². The van der Waals surface area contributed by atoms with Crippen LogP contribution in [0, 0.1) is 12.8 Å². The summed E-state index contributed by atoms with van der Waals surface area (Å²) < 4.78 is 0. The number of hydrogen-bond acceptors (Lipinski definition) is 3. The number of nitrogens with two attached hydrogens (primary N) is 2. The lowest BCUT2D eigenvalue weighted by atomic mass is 9.92. The molecule has 4 N–H and O–H groups in total. The van der Waals surface area contributed by atoms with Crippen LogP contribution in [0.15, 0.2) is 24.3 Å². The van der Waals surface area contributed by atoms with E-state index >= 15 is 0 Å². The number of carbonyl (C=O) groups is 1. The molecular weight excluding hydrogens is 238 g/mol. The zero-order valence-corrected chi connectivity index (χ0v) is 11.7. The molecule has 1 amide bonds. The van der Waals surface area contributed by atoms with E-state index in [2.05, 4.69) is 43.0 Å². The third kappa shape index (κ3) is 2.89. The Morgan fingerprint density at radius 3 is 2.37 bits per heavy atom. The molecule has 2 rings (SSSR count). The number of likely N-dealkylation sites (N-methyl/N-ethyl adjacent to an activating group) is 1. The van der Waals surface area contributed by atoms with E-state index < -0.39 is 5.54 Å². The molecule has 1 fully saturated rings. The summed E-state index contributed by atoms with van der Waals surface area (Å²) in [4.78, 5) is 13.8. The van der Waals surface area contributed by atoms with Crippen LogP contribution in [0.3, 0.4) is 0 Å². The third-order valence-electron chi connectivity index (χ3n) is 4.00. The molecule has 19 heavy (non-hydrogen) atoms. The summed E-state index contributed by atoms with van der Waals surface area (Å²) >= 11 is 0. The fourth-order valence-electron chi connectivity index (χ4n) is 2.46. The Kier molecular flexibility index (Phi) is 3.80. The minimum Gasteiger partial charge on any atom is -0.369 e. The third-order valence-corrected chi connectivity index (χ3v) is 4.00. The maximum atomic E-state index is 11.7. The van der Waals surface area contributed by atoms with E-state index in [1.807, 2.05) is 0 Å². The van der Waals surface area contributed by atoms with Gasteiger partial charge in [-0.05, 0) is 44.7 Å². The van der Waals surface area contributed by atoms with Gasteiger partial charge in [-0.3, -0.25) is 4.79 Å². The Morgan fingerprint density at radius 1 is 1.37 bits per heavy atom. The minimum absolute atomic E-state index is 0.240. The van der Waals surface area contributed by atoms with Gasteiger partial charge in [-0.25, -0.2) is 0 Å². The lowest BCUT2D eigenvalue weighted by Crippen LogP contribution is -2.60. The molecule has 0 saturated heterocycles. The zero-order valence-electron chi connectivity index (χ0n) is 11.7. The molecule has 1 aromatic rings. The van der Waals surface area contributed by atoms with Crippen molar-refractivity contribution in [3.8, 4) is 0 Å². The second-order valence-corrected chi connectivity index (χ2v) is 5.53. The molecule has 1 aromatic carbocycles. The number of aryl methyl sites for hydroxylation is 1. The van der Waals surface area contributed by atoms with Crippen LogP contribution in [0.25, 0.3) is 0 Å². The molecule has 0 heterocycles. The van der Waals surface area contributed by atoms with Crippen molar-refractivity contribution in [3.05, 3.63) is 29.8 Å². The van der Waals surface area contributed by atoms with Crippen LogP contribution in [0.4, 0.5) is 5.69 Å². The van der Waals surface area contributed by atoms with E-state index in [1.54, 1.807) is 0 Å². The van der Waals surface area contributed by atoms with Crippen molar-refractivity contribution in [1.82, 2.24) is 0 Å². The molecule has 4 heteroatoms. The number of anilines is 1. The summed E-state index contributed by atoms with van der Waals surface area (Å²) in [7, 11) is 0. The van der Waals surface area contributed by atoms with Gasteiger partial charge in [0, 0.05) is 18.8 Å². The van der Waals surface area contributed by atoms with Gasteiger partial charge in [-0.15, -0.1) is 0 Å². The number of nitrogens with zero attached hydrogens (tertiary/aromatic N) is 1. The number of amides is 1. The smallest absolute Gasteiger partial charge is 0.239 e. The van der Waals surface area contributed by atoms with E-state index in [0.717, 1.165) is 25.1 Å². The Hall–Kier alpha value is -1.55. The fourth-order valence-corrected chi connectivity index (χ4v) is 2.46. The van der Waals surface area contributed by atoms with Crippen LogP contribution in [0.5, 0.6) is 0 Å². The predicted molar refractivity (Wildman–Crippen MR) is 77.9 cm³/mol. The van der Waals surface area contributed by atoms with Crippen LogP contribution < -0.4 is 16.4 Å². The van der Waals surface area contributed by atoms with Crippen LogP contribution in [-0.2, 0) is 4.79 Å². The normalized spacial score (nSPS) is 17.8. The summed E-state index contributed by atoms with van der Waals surface area (Å²) in [5.74, 6) is -0.148. The van der Waals surface area contributed by atoms with Crippen LogP contribution in [0.2, 0.25) is 0 Å². The standard InChI is InChI=1S/C15H23N3O/c1-3-18(13-8-4-11(2)5-9-13)10-15(17,14(16)19)12-6-7-12/h4-5,8-9,12H,3,6-7,10,17H2,1-2H3,(H2,16,19). The predicted octanol–water partition coefficient (Wildman–Crippen LogP) is 1.41. The Balaban J connectivity index is 2.18. The highest BCUT2D eigenvalue weighted by atomic mass is 16.1. The number of carbonyl (C=O) groups excluding carboxylic acids is 1. The van der Waals surface area contributed by atoms with Crippen LogP contribution in [0.1, 0.15) is 25.3 Å². The highest BCUT2D eigenvalue weighted by Crippen LogP contribution is 2.39. The molecule has 0 spiro atoms. The number of primary amides is 1. The maximum absolute atomic E-state index is 11.7. The van der Waals surface area contributed by atoms with Crippen molar-refractivity contribution >= 4 is 11.6 Å². The van der Waals surface area contributed by atoms with Crippen molar-refractivity contribution in [2.24, 2.45) is 17.4 Å². The molecule has 1 aliphatic rings. The Bertz CT molecular complexity index is 453. The van der Waals surface area contributed by atoms with E-state index in [0.29, 0.717) is 6.54 Å². The summed E-state index contributed by atoms with van der Waals surface area (Å²) in [6.45, 7) is 5.42. The summed E-state index contributed by atoms with van der Waals surface area (Å²) in [5.41, 5.74) is 13.2. The summed E-state index contributed by atoms with van der Waals surface area (Å²) in [6.07, 6.45) is 2.01. The SMILES string of the molecule is CCN(CC(N)(C(N)=O)C1CC1)c1ccc(C)cc1. The van der Waals surface area contributed by atoms with Crippen molar-refractivity contribution in [3.63, 3.8) is 0 Å². The van der Waals surface area contributed by atoms with Gasteiger partial charge in [0.1, 0.15) is 5.54 Å². The van der Waals surface area contributed by atoms with Gasteiger partial charge in [-0.1, -0.05) is 17.7 Å². The van der Waals surface area contributed by atoms with Gasteiger partial charge in [0.05, 0.1) is 0 Å². The first kappa shape index (κ1) is 13.9. The molecule has 0 radical (unpaired) electrons. The van der Waals surface area contributed by atoms with Gasteiger partial charge in [0.2, 0.25) is 5.91 Å². The first-order valence-electron chi connectivity index (χ1n) is 6.87. The summed E-state index contributed by atoms with van der Waals surface area (Å²) in [6, 6.07) is 8.26. The van der Waals surface area contributed by atoms with Crippen molar-refractivity contribution in [1.29, 1.82) is 0 Å². The zero-order chi connectivity index (χ0) is 14.0. The molecule has 0 aromatic heterocycles. The van der Waals surface area contributed by atoms with E-state index in [1.165, 1.54) is 5.56 Å². The largest absolute Gasteiger partial charge is 0.369 e. The number of hydrogen-bond donors (Lipinski definition) is 2. The molecule has 104 valence electrons. The van der Waals surface area contributed by atoms with Gasteiger partial charge < -0.3 is 16.4 Å². The van der Waals surface area contributed by atoms with Crippen LogP contribution >= 0.6 is 0 Å². The van der Waals surface area contributed by atoms with Crippen molar-refractivity contribution < 1.29 is 4.79 Å². The lowest BCUT2D eigenvalue weighted by Gasteiger charge is -2.34. The maximum Gasteiger partial charge on any atom is 0.239 e. The molecule has 1 aliphatic carbocycles. The second kappa shape index (κ2) is 5.21. The molecule has 1 saturated carbocycles. The Labute approximate surface area is 114 Å². The van der Waals surface area contributed by atoms with Crippen molar-refractivity contribution in [2.45, 2.75) is 32.2 Å². The van der Waals surface area contributed by atoms with E-state index in [-0.39, 0.29) is 11.8 Å². The Morgan fingerprint density at radius 2 is 1.95 bits per heavy atom. The number of benzene rings is 1. The molecule has 0 aliphatic heterocycles. The monoisotopic (exact) mass is 261 g/mol. The minimum atomic E-state index is -0.902. The number of rotatable bonds is 6. The molecule has 1 unspecified atom stereocenters. The quantitative estimate of drug-likeness (QED) is 0.813. The van der Waals surface area contributed by atoms with Crippen molar-refractivity contribution in [2.75, 3.05) is 18.0 Å². The molecular formula is C15H23N3O. The van der Waals surface area contributed by atoms with Gasteiger partial charge >= 0.3 is 0 Å². The van der Waals surface area contributed by atoms with E-state index in [4.69, 9.17) is 11.5 Å². The first-order chi connectivity index (χ1) is 8.97. The highest BCUT2D eigenvalue weighted by molar-refractivity contribution is 5.86. The molecule has 4 nitrogen and oxygen atoms in total. The van der Waals surface area contributed by atoms with E-state index in [9.17, 15) is 4.79 Å². The fraction of sp³-hybridized carbons (Fsp3) is 0.533. The second-order valence-electron chi connectivity index (χ2n) is 5.53. The summed E-state index contributed by atoms with van der Waals surface area (Å²) in [5, 5.41) is 0. The molecule has 1 atom stereocenters.